The highest BCUT2D eigenvalue weighted by Gasteiger charge is 2.32. The molecule has 0 N–H and O–H groups in total. The molecule has 4 saturated heterocycles. The second kappa shape index (κ2) is 28.0. The number of fused-ring (bicyclic) bond motifs is 15. The maximum atomic E-state index is 13.5. The van der Waals surface area contributed by atoms with E-state index in [4.69, 9.17) is 20.5 Å². The standard InChI is InChI=1S/C31H34FN5.C28H27N5.C27H27N7/c1-22-8-12-34(13-9-22)18-23-10-14-35(19-23)28-6-7-29-26(16-28)21-36-20-25(24-2-4-27(32)5-3-24)17-30(36)31-33-11-15-37(29)31;1-3-20-10-11-31(16-20)25-8-9-26-24(12-25)18-32-17-23(22-6-4-21(14-29)5-7-22)13-27(32)28-30-15-19(2)33(26)28;1-31(2)24-4-3-11-32(17-24)23-9-10-25-22(12-23)16-33-15-21(20-7-5-19(14-28)6-8-20)13-26(33)27-30-29-18-34(25)27/h2-7,11,15-17,20,22-23H,8-10,12-14,18-19,21H2,1H3;4-9,12-13,15,17,20H,3,10-11,16,18H2,1-2H3;5-10,12-13,15,18,24H,3-4,11,16-17H2,1-2H3/t23-;20-;24-/m011/s1. The van der Waals surface area contributed by atoms with Gasteiger partial charge in [-0.3, -0.25) is 13.7 Å². The lowest BCUT2D eigenvalue weighted by molar-refractivity contribution is 0.171. The van der Waals surface area contributed by atoms with Gasteiger partial charge in [0.2, 0.25) is 0 Å². The topological polar surface area (TPSA) is 145 Å². The van der Waals surface area contributed by atoms with Gasteiger partial charge in [0.25, 0.3) is 0 Å². The van der Waals surface area contributed by atoms with Crippen LogP contribution < -0.4 is 14.7 Å². The number of nitrogens with zero attached hydrogens (tertiary/aromatic N) is 17. The Balaban J connectivity index is 0.000000116. The van der Waals surface area contributed by atoms with Gasteiger partial charge in [0, 0.05) is 148 Å². The van der Waals surface area contributed by atoms with Gasteiger partial charge in [0.15, 0.2) is 17.5 Å². The van der Waals surface area contributed by atoms with Crippen LogP contribution in [0.3, 0.4) is 0 Å². The zero-order valence-corrected chi connectivity index (χ0v) is 60.1. The molecule has 7 aliphatic rings. The number of nitriles is 2. The van der Waals surface area contributed by atoms with Crippen molar-refractivity contribution in [1.82, 2.24) is 57.4 Å². The third-order valence-corrected chi connectivity index (χ3v) is 23.1. The summed E-state index contributed by atoms with van der Waals surface area (Å²) in [6.07, 6.45) is 23.3. The molecule has 7 aliphatic heterocycles. The van der Waals surface area contributed by atoms with E-state index in [1.807, 2.05) is 73.1 Å². The summed E-state index contributed by atoms with van der Waals surface area (Å²) in [6.45, 7) is 19.7. The molecule has 0 aliphatic carbocycles. The zero-order chi connectivity index (χ0) is 70.7. The number of benzene rings is 6. The third-order valence-electron chi connectivity index (χ3n) is 23.1. The Bertz CT molecular complexity index is 5210. The molecule has 3 atom stereocenters. The van der Waals surface area contributed by atoms with E-state index in [-0.39, 0.29) is 5.82 Å². The van der Waals surface area contributed by atoms with Gasteiger partial charge >= 0.3 is 0 Å². The van der Waals surface area contributed by atoms with E-state index in [1.54, 1.807) is 6.33 Å². The molecule has 18 heteroatoms. The van der Waals surface area contributed by atoms with Crippen molar-refractivity contribution in [2.75, 3.05) is 87.7 Å². The first-order chi connectivity index (χ1) is 50.8. The molecular formula is C86H88FN17. The molecule has 4 fully saturated rings. The monoisotopic (exact) mass is 1380 g/mol. The van der Waals surface area contributed by atoms with Gasteiger partial charge in [0.1, 0.15) is 12.1 Å². The number of aromatic nitrogens is 10. The van der Waals surface area contributed by atoms with Crippen molar-refractivity contribution in [1.29, 1.82) is 10.5 Å². The molecule has 12 aromatic rings. The van der Waals surface area contributed by atoms with E-state index in [0.717, 1.165) is 156 Å². The highest BCUT2D eigenvalue weighted by molar-refractivity contribution is 5.76. The van der Waals surface area contributed by atoms with Crippen LogP contribution >= 0.6 is 0 Å². The molecule has 0 radical (unpaired) electrons. The lowest BCUT2D eigenvalue weighted by Gasteiger charge is -2.37. The SMILES string of the molecule is CC1CCN(C[C@@H]2CCN(c3ccc4c(c3)Cn3cc(-c5ccc(F)cc5)cc3-c3nccn3-4)C2)CC1.CC[C@@H]1CCN(c2ccc3c(c2)Cn2cc(-c4ccc(C#N)cc4)cc2-c2ncc(C)n2-3)C1.CN(C)[C@@H]1CCCN(c2ccc3c(c2)Cn2cc(-c4ccc(C#N)cc4)cc2-c2nncn2-3)C1. The van der Waals surface area contributed by atoms with Crippen molar-refractivity contribution in [3.8, 4) is 97.1 Å². The van der Waals surface area contributed by atoms with Gasteiger partial charge in [-0.2, -0.15) is 10.5 Å². The molecule has 0 spiro atoms. The normalized spacial score (nSPS) is 17.9. The smallest absolute Gasteiger partial charge is 0.185 e. The van der Waals surface area contributed by atoms with Gasteiger partial charge < -0.3 is 38.2 Å². The number of hydrogen-bond donors (Lipinski definition) is 0. The first-order valence-corrected chi connectivity index (χ1v) is 37.3. The maximum Gasteiger partial charge on any atom is 0.185 e. The summed E-state index contributed by atoms with van der Waals surface area (Å²) in [6, 6.07) is 54.5. The van der Waals surface area contributed by atoms with Crippen LogP contribution in [0.25, 0.3) is 85.0 Å². The zero-order valence-electron chi connectivity index (χ0n) is 60.1. The fraction of sp³-hybridized carbons (Fsp3) is 0.326. The second-order valence-corrected chi connectivity index (χ2v) is 30.1. The summed E-state index contributed by atoms with van der Waals surface area (Å²) in [5, 5.41) is 27.0. The fourth-order valence-corrected chi connectivity index (χ4v) is 17.0. The Morgan fingerprint density at radius 2 is 1.03 bits per heavy atom. The van der Waals surface area contributed by atoms with Crippen LogP contribution in [0.4, 0.5) is 21.5 Å². The molecule has 524 valence electrons. The van der Waals surface area contributed by atoms with Crippen molar-refractivity contribution < 1.29 is 4.39 Å². The van der Waals surface area contributed by atoms with E-state index in [1.165, 1.54) is 122 Å². The Morgan fingerprint density at radius 1 is 0.519 bits per heavy atom. The maximum absolute atomic E-state index is 13.5. The van der Waals surface area contributed by atoms with E-state index in [9.17, 15) is 4.39 Å². The molecular weight excluding hydrogens is 1290 g/mol. The van der Waals surface area contributed by atoms with E-state index < -0.39 is 0 Å². The van der Waals surface area contributed by atoms with Gasteiger partial charge in [0.05, 0.1) is 57.4 Å². The number of imidazole rings is 2. The lowest BCUT2D eigenvalue weighted by Crippen LogP contribution is -2.45. The van der Waals surface area contributed by atoms with Crippen molar-refractivity contribution in [2.24, 2.45) is 17.8 Å². The van der Waals surface area contributed by atoms with Gasteiger partial charge in [-0.1, -0.05) is 56.7 Å². The Morgan fingerprint density at radius 3 is 1.59 bits per heavy atom. The van der Waals surface area contributed by atoms with Crippen LogP contribution in [-0.4, -0.2) is 136 Å². The van der Waals surface area contributed by atoms with Crippen LogP contribution in [0.15, 0.2) is 189 Å². The minimum absolute atomic E-state index is 0.212. The summed E-state index contributed by atoms with van der Waals surface area (Å²) in [7, 11) is 4.36. The van der Waals surface area contributed by atoms with E-state index >= 15 is 0 Å². The predicted octanol–water partition coefficient (Wildman–Crippen LogP) is 16.0. The predicted molar refractivity (Wildman–Crippen MR) is 411 cm³/mol. The number of piperidine rings is 2. The fourth-order valence-electron chi connectivity index (χ4n) is 17.0. The Labute approximate surface area is 608 Å². The summed E-state index contributed by atoms with van der Waals surface area (Å²) in [5.41, 5.74) is 23.6. The number of rotatable bonds is 10. The number of halogens is 1. The van der Waals surface area contributed by atoms with Gasteiger partial charge in [-0.05, 0) is 233 Å². The summed E-state index contributed by atoms with van der Waals surface area (Å²) < 4.78 is 27.0. The van der Waals surface area contributed by atoms with Crippen LogP contribution in [0, 0.1) is 53.2 Å². The minimum atomic E-state index is -0.212. The van der Waals surface area contributed by atoms with Crippen LogP contribution in [0.2, 0.25) is 0 Å². The quantitative estimate of drug-likeness (QED) is 0.129. The molecule has 0 unspecified atom stereocenters. The lowest BCUT2D eigenvalue weighted by atomic mass is 9.98. The molecule has 13 heterocycles. The molecule has 17 nitrogen and oxygen atoms in total. The molecule has 104 heavy (non-hydrogen) atoms. The number of likely N-dealkylation sites (tertiary alicyclic amines) is 1. The highest BCUT2D eigenvalue weighted by Crippen LogP contribution is 2.41. The summed E-state index contributed by atoms with van der Waals surface area (Å²) >= 11 is 0. The number of likely N-dealkylation sites (N-methyl/N-ethyl adjacent to an activating group) is 1. The number of anilines is 3. The van der Waals surface area contributed by atoms with Gasteiger partial charge in [-0.25, -0.2) is 14.4 Å². The Hall–Kier alpha value is -11.1. The first kappa shape index (κ1) is 66.2. The largest absolute Gasteiger partial charge is 0.371 e. The number of hydrogen-bond acceptors (Lipinski definition) is 11. The molecule has 6 aromatic carbocycles. The molecule has 19 rings (SSSR count). The second-order valence-electron chi connectivity index (χ2n) is 30.1. The molecule has 6 aromatic heterocycles. The molecule has 0 saturated carbocycles. The van der Waals surface area contributed by atoms with Gasteiger partial charge in [-0.15, -0.1) is 10.2 Å². The van der Waals surface area contributed by atoms with Crippen molar-refractivity contribution in [3.63, 3.8) is 0 Å². The van der Waals surface area contributed by atoms with Crippen LogP contribution in [0.5, 0.6) is 0 Å². The van der Waals surface area contributed by atoms with E-state index in [0.29, 0.717) is 17.2 Å². The van der Waals surface area contributed by atoms with Crippen molar-refractivity contribution in [3.05, 3.63) is 228 Å². The first-order valence-electron chi connectivity index (χ1n) is 37.3. The summed E-state index contributed by atoms with van der Waals surface area (Å²) in [5.74, 6) is 5.00. The highest BCUT2D eigenvalue weighted by atomic mass is 19.1. The average molecular weight is 1380 g/mol. The van der Waals surface area contributed by atoms with Crippen LogP contribution in [-0.2, 0) is 19.6 Å². The average Bonchev–Trinajstić information content (AvgIpc) is 1.61. The minimum Gasteiger partial charge on any atom is -0.371 e. The molecule has 0 amide bonds. The third kappa shape index (κ3) is 12.9. The van der Waals surface area contributed by atoms with Crippen LogP contribution in [0.1, 0.15) is 92.3 Å². The van der Waals surface area contributed by atoms with Crippen molar-refractivity contribution in [2.45, 2.75) is 91.4 Å². The van der Waals surface area contributed by atoms with Crippen molar-refractivity contribution >= 4 is 17.1 Å². The Kier molecular flexibility index (Phi) is 17.8. The molecule has 0 bridgehead atoms. The summed E-state index contributed by atoms with van der Waals surface area (Å²) in [4.78, 5) is 22.2. The number of aryl methyl sites for hydroxylation is 1. The van der Waals surface area contributed by atoms with E-state index in [2.05, 4.69) is 207 Å².